The minimum atomic E-state index is -4.35. The van der Waals surface area contributed by atoms with Crippen LogP contribution in [0.1, 0.15) is 13.3 Å². The van der Waals surface area contributed by atoms with E-state index in [9.17, 15) is 18.0 Å². The van der Waals surface area contributed by atoms with E-state index in [-0.39, 0.29) is 12.6 Å². The Bertz CT molecular complexity index is 268. The molecule has 2 atom stereocenters. The van der Waals surface area contributed by atoms with Gasteiger partial charge in [0, 0.05) is 12.6 Å². The quantitative estimate of drug-likeness (QED) is 0.759. The van der Waals surface area contributed by atoms with Crippen molar-refractivity contribution in [1.82, 2.24) is 10.2 Å². The Morgan fingerprint density at radius 3 is 2.71 bits per heavy atom. The van der Waals surface area contributed by atoms with Crippen molar-refractivity contribution in [3.8, 4) is 0 Å². The summed E-state index contributed by atoms with van der Waals surface area (Å²) in [6.45, 7) is 2.04. The molecule has 17 heavy (non-hydrogen) atoms. The maximum absolute atomic E-state index is 11.9. The molecule has 1 amide bonds. The van der Waals surface area contributed by atoms with Gasteiger partial charge in [0.15, 0.2) is 0 Å². The highest BCUT2D eigenvalue weighted by atomic mass is 19.4. The predicted molar refractivity (Wildman–Crippen MR) is 57.3 cm³/mol. The van der Waals surface area contributed by atoms with Crippen molar-refractivity contribution >= 4 is 5.91 Å². The lowest BCUT2D eigenvalue weighted by Gasteiger charge is -2.17. The maximum Gasteiger partial charge on any atom is 0.405 e. The van der Waals surface area contributed by atoms with E-state index in [0.717, 1.165) is 6.42 Å². The number of amides is 1. The van der Waals surface area contributed by atoms with Crippen LogP contribution in [0.4, 0.5) is 13.2 Å². The number of carbonyl (C=O) groups excluding carboxylic acids is 1. The molecule has 1 aliphatic heterocycles. The molecule has 4 nitrogen and oxygen atoms in total. The highest BCUT2D eigenvalue weighted by Gasteiger charge is 2.29. The van der Waals surface area contributed by atoms with Crippen molar-refractivity contribution in [1.29, 1.82) is 0 Å². The molecule has 0 aliphatic carbocycles. The van der Waals surface area contributed by atoms with Gasteiger partial charge >= 0.3 is 6.18 Å². The molecule has 0 saturated carbocycles. The summed E-state index contributed by atoms with van der Waals surface area (Å²) in [5.41, 5.74) is 5.73. The third-order valence-electron chi connectivity index (χ3n) is 2.91. The molecule has 0 aromatic carbocycles. The van der Waals surface area contributed by atoms with Crippen LogP contribution in [0, 0.1) is 5.92 Å². The fourth-order valence-electron chi connectivity index (χ4n) is 1.89. The van der Waals surface area contributed by atoms with Gasteiger partial charge in [-0.2, -0.15) is 13.2 Å². The lowest BCUT2D eigenvalue weighted by atomic mass is 10.0. The number of nitrogens with two attached hydrogens (primary N) is 1. The van der Waals surface area contributed by atoms with Crippen molar-refractivity contribution in [2.45, 2.75) is 25.6 Å². The number of likely N-dealkylation sites (tertiary alicyclic amines) is 1. The molecule has 1 saturated heterocycles. The second-order valence-electron chi connectivity index (χ2n) is 4.53. The Morgan fingerprint density at radius 2 is 2.24 bits per heavy atom. The van der Waals surface area contributed by atoms with E-state index >= 15 is 0 Å². The smallest absolute Gasteiger partial charge is 0.346 e. The molecule has 0 spiro atoms. The van der Waals surface area contributed by atoms with Gasteiger partial charge in [-0.25, -0.2) is 0 Å². The van der Waals surface area contributed by atoms with E-state index in [2.05, 4.69) is 0 Å². The van der Waals surface area contributed by atoms with Gasteiger partial charge in [0.1, 0.15) is 6.54 Å². The van der Waals surface area contributed by atoms with Gasteiger partial charge in [0.05, 0.1) is 6.54 Å². The van der Waals surface area contributed by atoms with Crippen LogP contribution in [-0.2, 0) is 4.79 Å². The van der Waals surface area contributed by atoms with Crippen molar-refractivity contribution in [2.75, 3.05) is 26.2 Å². The second kappa shape index (κ2) is 5.68. The molecular weight excluding hydrogens is 235 g/mol. The summed E-state index contributed by atoms with van der Waals surface area (Å²) in [6.07, 6.45) is -3.46. The average molecular weight is 253 g/mol. The van der Waals surface area contributed by atoms with Crippen LogP contribution in [0.25, 0.3) is 0 Å². The minimum Gasteiger partial charge on any atom is -0.346 e. The fourth-order valence-corrected chi connectivity index (χ4v) is 1.89. The number of nitrogens with one attached hydrogen (secondary N) is 1. The number of alkyl halides is 3. The van der Waals surface area contributed by atoms with Gasteiger partial charge in [-0.1, -0.05) is 0 Å². The van der Waals surface area contributed by atoms with Gasteiger partial charge in [-0.05, 0) is 25.8 Å². The molecule has 1 fully saturated rings. The highest BCUT2D eigenvalue weighted by molar-refractivity contribution is 5.78. The third kappa shape index (κ3) is 5.36. The number of hydrogen-bond acceptors (Lipinski definition) is 3. The molecule has 0 bridgehead atoms. The summed E-state index contributed by atoms with van der Waals surface area (Å²) in [6, 6.07) is 0.0539. The summed E-state index contributed by atoms with van der Waals surface area (Å²) >= 11 is 0. The Kier molecular flexibility index (Phi) is 4.76. The summed E-state index contributed by atoms with van der Waals surface area (Å²) in [5, 5.41) is 1.86. The van der Waals surface area contributed by atoms with Gasteiger partial charge < -0.3 is 11.1 Å². The molecule has 3 N–H and O–H groups in total. The number of hydrogen-bond donors (Lipinski definition) is 2. The molecule has 1 rings (SSSR count). The van der Waals surface area contributed by atoms with Crippen molar-refractivity contribution in [2.24, 2.45) is 11.7 Å². The van der Waals surface area contributed by atoms with Crippen molar-refractivity contribution < 1.29 is 18.0 Å². The van der Waals surface area contributed by atoms with Crippen molar-refractivity contribution in [3.05, 3.63) is 0 Å². The van der Waals surface area contributed by atoms with E-state index in [0.29, 0.717) is 19.0 Å². The van der Waals surface area contributed by atoms with Crippen LogP contribution < -0.4 is 11.1 Å². The lowest BCUT2D eigenvalue weighted by molar-refractivity contribution is -0.138. The van der Waals surface area contributed by atoms with E-state index in [4.69, 9.17) is 5.73 Å². The first-order valence-electron chi connectivity index (χ1n) is 5.59. The molecule has 0 radical (unpaired) electrons. The maximum atomic E-state index is 11.9. The van der Waals surface area contributed by atoms with Crippen LogP contribution in [0.3, 0.4) is 0 Å². The normalized spacial score (nSPS) is 23.7. The number of nitrogens with zero attached hydrogens (tertiary/aromatic N) is 1. The van der Waals surface area contributed by atoms with E-state index in [1.54, 1.807) is 0 Å². The SMILES string of the molecule is CC(N)C1CCN(CC(=O)NCC(F)(F)F)C1. The Hall–Kier alpha value is -0.820. The number of halogens is 3. The van der Waals surface area contributed by atoms with E-state index < -0.39 is 18.6 Å². The largest absolute Gasteiger partial charge is 0.405 e. The monoisotopic (exact) mass is 253 g/mol. The zero-order valence-electron chi connectivity index (χ0n) is 9.76. The minimum absolute atomic E-state index is 0.0132. The molecule has 2 unspecified atom stereocenters. The van der Waals surface area contributed by atoms with Gasteiger partial charge in [0.2, 0.25) is 5.91 Å². The van der Waals surface area contributed by atoms with Gasteiger partial charge in [-0.3, -0.25) is 9.69 Å². The zero-order valence-corrected chi connectivity index (χ0v) is 9.76. The number of rotatable bonds is 4. The molecule has 0 aromatic heterocycles. The highest BCUT2D eigenvalue weighted by Crippen LogP contribution is 2.18. The summed E-state index contributed by atoms with van der Waals surface area (Å²) < 4.78 is 35.6. The molecule has 1 aliphatic rings. The first-order valence-corrected chi connectivity index (χ1v) is 5.59. The van der Waals surface area contributed by atoms with Crippen molar-refractivity contribution in [3.63, 3.8) is 0 Å². The Balaban J connectivity index is 2.24. The van der Waals surface area contributed by atoms with Crippen LogP contribution in [0.5, 0.6) is 0 Å². The number of carbonyl (C=O) groups is 1. The zero-order chi connectivity index (χ0) is 13.1. The summed E-state index contributed by atoms with van der Waals surface area (Å²) in [4.78, 5) is 13.1. The van der Waals surface area contributed by atoms with Gasteiger partial charge in [-0.15, -0.1) is 0 Å². The molecule has 7 heteroatoms. The molecular formula is C10H18F3N3O. The fraction of sp³-hybridized carbons (Fsp3) is 0.900. The molecule has 100 valence electrons. The van der Waals surface area contributed by atoms with Gasteiger partial charge in [0.25, 0.3) is 0 Å². The van der Waals surface area contributed by atoms with E-state index in [1.807, 2.05) is 17.1 Å². The van der Waals surface area contributed by atoms with E-state index in [1.165, 1.54) is 0 Å². The lowest BCUT2D eigenvalue weighted by Crippen LogP contribution is -2.41. The van der Waals surface area contributed by atoms with Crippen LogP contribution in [0.15, 0.2) is 0 Å². The Labute approximate surface area is 98.3 Å². The topological polar surface area (TPSA) is 58.4 Å². The van der Waals surface area contributed by atoms with Crippen LogP contribution in [0.2, 0.25) is 0 Å². The standard InChI is InChI=1S/C10H18F3N3O/c1-7(14)8-2-3-16(4-8)5-9(17)15-6-10(11,12)13/h7-8H,2-6,14H2,1H3,(H,15,17). The third-order valence-corrected chi connectivity index (χ3v) is 2.91. The first kappa shape index (κ1) is 14.2. The second-order valence-corrected chi connectivity index (χ2v) is 4.53. The van der Waals surface area contributed by atoms with Crippen LogP contribution in [-0.4, -0.2) is 49.2 Å². The predicted octanol–water partition coefficient (Wildman–Crippen LogP) is 0.334. The molecule has 1 heterocycles. The summed E-state index contributed by atoms with van der Waals surface area (Å²) in [5.74, 6) is -0.266. The molecule has 0 aromatic rings. The van der Waals surface area contributed by atoms with Crippen LogP contribution >= 0.6 is 0 Å². The summed E-state index contributed by atoms with van der Waals surface area (Å²) in [7, 11) is 0. The average Bonchev–Trinajstić information content (AvgIpc) is 2.62. The Morgan fingerprint density at radius 1 is 1.59 bits per heavy atom. The first-order chi connectivity index (χ1) is 7.78.